The van der Waals surface area contributed by atoms with E-state index in [1.165, 1.54) is 10.5 Å². The number of nitrogens with zero attached hydrogens (tertiary/aromatic N) is 2. The van der Waals surface area contributed by atoms with Gasteiger partial charge in [0, 0.05) is 25.6 Å². The molecule has 0 radical (unpaired) electrons. The van der Waals surface area contributed by atoms with Crippen LogP contribution < -0.4 is 4.72 Å². The molecule has 1 saturated heterocycles. The minimum Gasteiger partial charge on any atom is -0.332 e. The summed E-state index contributed by atoms with van der Waals surface area (Å²) in [6.45, 7) is 2.39. The molecule has 0 saturated carbocycles. The molecule has 1 atom stereocenters. The van der Waals surface area contributed by atoms with Crippen LogP contribution in [-0.4, -0.2) is 56.5 Å². The van der Waals surface area contributed by atoms with Crippen molar-refractivity contribution in [3.05, 3.63) is 12.0 Å². The van der Waals surface area contributed by atoms with Crippen LogP contribution in [0.1, 0.15) is 25.6 Å². The normalized spacial score (nSPS) is 21.5. The van der Waals surface area contributed by atoms with Crippen molar-refractivity contribution in [1.29, 1.82) is 0 Å². The van der Waals surface area contributed by atoms with Crippen LogP contribution in [0.3, 0.4) is 0 Å². The van der Waals surface area contributed by atoms with Gasteiger partial charge >= 0.3 is 0 Å². The summed E-state index contributed by atoms with van der Waals surface area (Å²) in [6.07, 6.45) is 4.24. The zero-order valence-corrected chi connectivity index (χ0v) is 13.7. The van der Waals surface area contributed by atoms with E-state index in [0.717, 1.165) is 6.26 Å². The molecule has 2 rings (SSSR count). The predicted octanol–water partition coefficient (Wildman–Crippen LogP) is -0.326. The Balaban J connectivity index is 2.16. The van der Waals surface area contributed by atoms with Crippen LogP contribution in [0.5, 0.6) is 0 Å². The quantitative estimate of drug-likeness (QED) is 0.765. The van der Waals surface area contributed by atoms with Gasteiger partial charge in [0.25, 0.3) is 10.0 Å². The topological polar surface area (TPSA) is 112 Å². The highest BCUT2D eigenvalue weighted by Gasteiger charge is 2.32. The van der Waals surface area contributed by atoms with Gasteiger partial charge in [0.1, 0.15) is 5.82 Å². The van der Waals surface area contributed by atoms with E-state index in [4.69, 9.17) is 0 Å². The second-order valence-electron chi connectivity index (χ2n) is 5.14. The van der Waals surface area contributed by atoms with Gasteiger partial charge in [0.2, 0.25) is 10.0 Å². The Hall–Kier alpha value is -0.970. The third-order valence-electron chi connectivity index (χ3n) is 3.32. The van der Waals surface area contributed by atoms with Gasteiger partial charge in [-0.2, -0.15) is 4.31 Å². The van der Waals surface area contributed by atoms with Crippen LogP contribution in [0.4, 0.5) is 0 Å². The molecule has 0 aliphatic carbocycles. The molecule has 10 heteroatoms. The van der Waals surface area contributed by atoms with Crippen LogP contribution in [0, 0.1) is 0 Å². The van der Waals surface area contributed by atoms with Crippen molar-refractivity contribution in [2.45, 2.75) is 37.3 Å². The fourth-order valence-electron chi connectivity index (χ4n) is 2.35. The van der Waals surface area contributed by atoms with Crippen molar-refractivity contribution < 1.29 is 16.8 Å². The van der Waals surface area contributed by atoms with Crippen LogP contribution in [0.25, 0.3) is 0 Å². The monoisotopic (exact) mass is 336 g/mol. The maximum absolute atomic E-state index is 12.5. The van der Waals surface area contributed by atoms with Crippen molar-refractivity contribution in [3.63, 3.8) is 0 Å². The lowest BCUT2D eigenvalue weighted by atomic mass is 10.1. The van der Waals surface area contributed by atoms with Crippen molar-refractivity contribution in [1.82, 2.24) is 19.0 Å². The fraction of sp³-hybridized carbons (Fsp3) is 0.727. The number of rotatable bonds is 5. The number of hydrogen-bond donors (Lipinski definition) is 2. The largest absolute Gasteiger partial charge is 0.332 e. The smallest absolute Gasteiger partial charge is 0.260 e. The fourth-order valence-corrected chi connectivity index (χ4v) is 4.61. The number of aromatic amines is 1. The minimum atomic E-state index is -3.66. The van der Waals surface area contributed by atoms with Gasteiger partial charge in [-0.3, -0.25) is 0 Å². The standard InChI is InChI=1S/C11H20N4O4S2/c1-3-10-12-7-11(13-10)21(18,19)15-6-4-5-9(8-15)14-20(2,16)17/h7,9,14H,3-6,8H2,1-2H3,(H,12,13). The summed E-state index contributed by atoms with van der Waals surface area (Å²) < 4.78 is 51.3. The Labute approximate surface area is 125 Å². The first-order chi connectivity index (χ1) is 9.72. The van der Waals surface area contributed by atoms with Gasteiger partial charge in [-0.1, -0.05) is 6.92 Å². The van der Waals surface area contributed by atoms with Gasteiger partial charge in [-0.05, 0) is 12.8 Å². The van der Waals surface area contributed by atoms with Crippen LogP contribution in [0.2, 0.25) is 0 Å². The summed E-state index contributed by atoms with van der Waals surface area (Å²) in [5.74, 6) is 0.608. The highest BCUT2D eigenvalue weighted by molar-refractivity contribution is 7.89. The lowest BCUT2D eigenvalue weighted by Gasteiger charge is -2.31. The van der Waals surface area contributed by atoms with E-state index in [1.807, 2.05) is 6.92 Å². The van der Waals surface area contributed by atoms with Gasteiger partial charge in [-0.25, -0.2) is 26.5 Å². The molecule has 0 spiro atoms. The van der Waals surface area contributed by atoms with Crippen LogP contribution in [0.15, 0.2) is 11.2 Å². The molecule has 1 fully saturated rings. The molecule has 1 unspecified atom stereocenters. The first-order valence-electron chi connectivity index (χ1n) is 6.73. The number of aromatic nitrogens is 2. The number of hydrogen-bond acceptors (Lipinski definition) is 5. The first-order valence-corrected chi connectivity index (χ1v) is 10.1. The van der Waals surface area contributed by atoms with Crippen LogP contribution in [-0.2, 0) is 26.5 Å². The summed E-state index contributed by atoms with van der Waals surface area (Å²) in [4.78, 5) is 6.79. The molecule has 0 bridgehead atoms. The Morgan fingerprint density at radius 3 is 2.71 bits per heavy atom. The first kappa shape index (κ1) is 16.4. The van der Waals surface area contributed by atoms with E-state index in [9.17, 15) is 16.8 Å². The number of sulfonamides is 2. The molecule has 1 aliphatic heterocycles. The predicted molar refractivity (Wildman–Crippen MR) is 77.7 cm³/mol. The van der Waals surface area contributed by atoms with E-state index in [0.29, 0.717) is 31.6 Å². The molecule has 21 heavy (non-hydrogen) atoms. The Morgan fingerprint density at radius 2 is 2.14 bits per heavy atom. The average Bonchev–Trinajstić information content (AvgIpc) is 2.86. The molecule has 120 valence electrons. The molecule has 0 amide bonds. The number of nitrogens with one attached hydrogen (secondary N) is 2. The van der Waals surface area contributed by atoms with E-state index in [2.05, 4.69) is 14.7 Å². The highest BCUT2D eigenvalue weighted by atomic mass is 32.2. The van der Waals surface area contributed by atoms with Crippen molar-refractivity contribution >= 4 is 20.0 Å². The number of piperidine rings is 1. The Bertz CT molecular complexity index is 696. The second kappa shape index (κ2) is 6.03. The van der Waals surface area contributed by atoms with E-state index in [-0.39, 0.29) is 11.6 Å². The Kier molecular flexibility index (Phi) is 4.71. The average molecular weight is 336 g/mol. The molecule has 1 aromatic heterocycles. The summed E-state index contributed by atoms with van der Waals surface area (Å²) in [5, 5.41) is 0.0550. The van der Waals surface area contributed by atoms with Gasteiger partial charge in [0.15, 0.2) is 5.03 Å². The molecule has 0 aromatic carbocycles. The molecule has 1 aromatic rings. The maximum atomic E-state index is 12.5. The van der Waals surface area contributed by atoms with Crippen molar-refractivity contribution in [3.8, 4) is 0 Å². The number of H-pyrrole nitrogens is 1. The van der Waals surface area contributed by atoms with Gasteiger partial charge < -0.3 is 4.98 Å². The molecular weight excluding hydrogens is 316 g/mol. The molecule has 2 N–H and O–H groups in total. The summed E-state index contributed by atoms with van der Waals surface area (Å²) in [6, 6.07) is -0.392. The van der Waals surface area contributed by atoms with Crippen LogP contribution >= 0.6 is 0 Å². The van der Waals surface area contributed by atoms with Gasteiger partial charge in [-0.15, -0.1) is 0 Å². The Morgan fingerprint density at radius 1 is 1.43 bits per heavy atom. The van der Waals surface area contributed by atoms with E-state index in [1.54, 1.807) is 0 Å². The van der Waals surface area contributed by atoms with Crippen molar-refractivity contribution in [2.24, 2.45) is 0 Å². The SMILES string of the molecule is CCc1ncc(S(=O)(=O)N2CCCC(NS(C)(=O)=O)C2)[nH]1. The third kappa shape index (κ3) is 4.02. The number of aryl methyl sites for hydroxylation is 1. The number of imidazole rings is 1. The molecule has 8 nitrogen and oxygen atoms in total. The summed E-state index contributed by atoms with van der Waals surface area (Å²) in [7, 11) is -7.01. The lowest BCUT2D eigenvalue weighted by molar-refractivity contribution is 0.303. The zero-order chi connectivity index (χ0) is 15.7. The lowest BCUT2D eigenvalue weighted by Crippen LogP contribution is -2.49. The van der Waals surface area contributed by atoms with Gasteiger partial charge in [0.05, 0.1) is 12.5 Å². The minimum absolute atomic E-state index is 0.0550. The summed E-state index contributed by atoms with van der Waals surface area (Å²) >= 11 is 0. The molecular formula is C11H20N4O4S2. The third-order valence-corrected chi connectivity index (χ3v) is 5.86. The zero-order valence-electron chi connectivity index (χ0n) is 12.0. The molecule has 2 heterocycles. The maximum Gasteiger partial charge on any atom is 0.260 e. The van der Waals surface area contributed by atoms with E-state index >= 15 is 0 Å². The second-order valence-corrected chi connectivity index (χ2v) is 8.83. The summed E-state index contributed by atoms with van der Waals surface area (Å²) in [5.41, 5.74) is 0. The molecule has 1 aliphatic rings. The van der Waals surface area contributed by atoms with Crippen molar-refractivity contribution in [2.75, 3.05) is 19.3 Å². The van der Waals surface area contributed by atoms with E-state index < -0.39 is 26.1 Å². The highest BCUT2D eigenvalue weighted by Crippen LogP contribution is 2.20.